The molecule has 0 aromatic carbocycles. The highest BCUT2D eigenvalue weighted by atomic mass is 16.4. The molecule has 0 fully saturated rings. The van der Waals surface area contributed by atoms with Gasteiger partial charge in [-0.3, -0.25) is 0 Å². The molecule has 0 saturated heterocycles. The van der Waals surface area contributed by atoms with E-state index in [9.17, 15) is 4.79 Å². The van der Waals surface area contributed by atoms with Crippen LogP contribution in [-0.2, 0) is 0 Å². The lowest BCUT2D eigenvalue weighted by Gasteiger charge is -2.02. The number of nitrogens with zero attached hydrogens (tertiary/aromatic N) is 3. The van der Waals surface area contributed by atoms with Crippen molar-refractivity contribution in [2.45, 2.75) is 6.92 Å². The van der Waals surface area contributed by atoms with Crippen LogP contribution in [-0.4, -0.2) is 25.8 Å². The second-order valence-corrected chi connectivity index (χ2v) is 3.09. The third-order valence-electron chi connectivity index (χ3n) is 2.01. The zero-order chi connectivity index (χ0) is 10.8. The molecule has 1 N–H and O–H groups in total. The standard InChI is InChI=1S/C10H9N3O2/c1-7-3-2-5-11-9(7)13-6-4-8(12-13)10(14)15/h2-6H,1H3,(H,14,15). The molecule has 0 aliphatic carbocycles. The van der Waals surface area contributed by atoms with Crippen molar-refractivity contribution < 1.29 is 9.90 Å². The lowest BCUT2D eigenvalue weighted by Crippen LogP contribution is -2.03. The number of hydrogen-bond donors (Lipinski definition) is 1. The highest BCUT2D eigenvalue weighted by molar-refractivity contribution is 5.85. The number of carboxylic acids is 1. The van der Waals surface area contributed by atoms with Crippen molar-refractivity contribution in [3.8, 4) is 5.82 Å². The van der Waals surface area contributed by atoms with Crippen molar-refractivity contribution in [2.24, 2.45) is 0 Å². The monoisotopic (exact) mass is 203 g/mol. The summed E-state index contributed by atoms with van der Waals surface area (Å²) in [6.07, 6.45) is 3.23. The summed E-state index contributed by atoms with van der Waals surface area (Å²) < 4.78 is 1.46. The lowest BCUT2D eigenvalue weighted by molar-refractivity contribution is 0.0690. The van der Waals surface area contributed by atoms with E-state index in [0.717, 1.165) is 5.56 Å². The van der Waals surface area contributed by atoms with Crippen LogP contribution in [0.25, 0.3) is 5.82 Å². The van der Waals surface area contributed by atoms with Crippen LogP contribution in [0.5, 0.6) is 0 Å². The van der Waals surface area contributed by atoms with Gasteiger partial charge in [-0.05, 0) is 24.6 Å². The van der Waals surface area contributed by atoms with E-state index in [1.54, 1.807) is 12.4 Å². The van der Waals surface area contributed by atoms with Crippen LogP contribution in [0.15, 0.2) is 30.6 Å². The zero-order valence-electron chi connectivity index (χ0n) is 8.08. The van der Waals surface area contributed by atoms with Gasteiger partial charge in [-0.25, -0.2) is 14.5 Å². The van der Waals surface area contributed by atoms with Gasteiger partial charge in [0.1, 0.15) is 0 Å². The molecule has 5 heteroatoms. The molecule has 15 heavy (non-hydrogen) atoms. The van der Waals surface area contributed by atoms with Gasteiger partial charge in [0.05, 0.1) is 0 Å². The molecule has 76 valence electrons. The van der Waals surface area contributed by atoms with E-state index < -0.39 is 5.97 Å². The third kappa shape index (κ3) is 1.71. The molecule has 0 atom stereocenters. The molecule has 0 saturated carbocycles. The molecule has 0 bridgehead atoms. The van der Waals surface area contributed by atoms with Crippen LogP contribution >= 0.6 is 0 Å². The van der Waals surface area contributed by atoms with Crippen molar-refractivity contribution in [1.29, 1.82) is 0 Å². The van der Waals surface area contributed by atoms with Crippen LogP contribution in [0.4, 0.5) is 0 Å². The van der Waals surface area contributed by atoms with Crippen LogP contribution in [0.3, 0.4) is 0 Å². The Morgan fingerprint density at radius 2 is 2.27 bits per heavy atom. The fourth-order valence-corrected chi connectivity index (χ4v) is 1.27. The average Bonchev–Trinajstić information content (AvgIpc) is 2.67. The molecule has 2 rings (SSSR count). The smallest absolute Gasteiger partial charge is 0.356 e. The van der Waals surface area contributed by atoms with E-state index >= 15 is 0 Å². The topological polar surface area (TPSA) is 68.0 Å². The summed E-state index contributed by atoms with van der Waals surface area (Å²) in [6, 6.07) is 5.15. The van der Waals surface area contributed by atoms with E-state index in [1.807, 2.05) is 19.1 Å². The first kappa shape index (κ1) is 9.39. The van der Waals surface area contributed by atoms with Crippen molar-refractivity contribution >= 4 is 5.97 Å². The van der Waals surface area contributed by atoms with Crippen LogP contribution in [0, 0.1) is 6.92 Å². The number of aromatic nitrogens is 3. The molecule has 0 aliphatic heterocycles. The quantitative estimate of drug-likeness (QED) is 0.798. The Hall–Kier alpha value is -2.17. The Labute approximate surface area is 86.0 Å². The maximum atomic E-state index is 10.6. The summed E-state index contributed by atoms with van der Waals surface area (Å²) in [7, 11) is 0. The minimum absolute atomic E-state index is 0.0139. The summed E-state index contributed by atoms with van der Waals surface area (Å²) >= 11 is 0. The summed E-state index contributed by atoms with van der Waals surface area (Å²) in [5, 5.41) is 12.6. The Bertz CT molecular complexity index is 505. The fraction of sp³-hybridized carbons (Fsp3) is 0.100. The Balaban J connectivity index is 2.46. The number of pyridine rings is 1. The predicted octanol–water partition coefficient (Wildman–Crippen LogP) is 1.27. The molecular formula is C10H9N3O2. The third-order valence-corrected chi connectivity index (χ3v) is 2.01. The fourth-order valence-electron chi connectivity index (χ4n) is 1.27. The second-order valence-electron chi connectivity index (χ2n) is 3.09. The van der Waals surface area contributed by atoms with Crippen molar-refractivity contribution in [3.63, 3.8) is 0 Å². The predicted molar refractivity (Wildman–Crippen MR) is 53.1 cm³/mol. The number of aromatic carboxylic acids is 1. The second kappa shape index (κ2) is 3.53. The highest BCUT2D eigenvalue weighted by Crippen LogP contribution is 2.09. The van der Waals surface area contributed by atoms with Crippen LogP contribution in [0.2, 0.25) is 0 Å². The van der Waals surface area contributed by atoms with Gasteiger partial charge >= 0.3 is 5.97 Å². The Morgan fingerprint density at radius 3 is 2.87 bits per heavy atom. The lowest BCUT2D eigenvalue weighted by atomic mass is 10.3. The van der Waals surface area contributed by atoms with E-state index in [0.29, 0.717) is 5.82 Å². The van der Waals surface area contributed by atoms with Gasteiger partial charge in [0, 0.05) is 12.4 Å². The van der Waals surface area contributed by atoms with E-state index in [1.165, 1.54) is 10.7 Å². The van der Waals surface area contributed by atoms with Gasteiger partial charge in [-0.2, -0.15) is 5.10 Å². The number of rotatable bonds is 2. The maximum absolute atomic E-state index is 10.6. The SMILES string of the molecule is Cc1cccnc1-n1ccc(C(=O)O)n1. The molecule has 5 nitrogen and oxygen atoms in total. The minimum atomic E-state index is -1.04. The normalized spacial score (nSPS) is 10.2. The Morgan fingerprint density at radius 1 is 1.47 bits per heavy atom. The molecule has 2 aromatic heterocycles. The molecule has 0 radical (unpaired) electrons. The molecule has 0 amide bonds. The molecule has 0 spiro atoms. The summed E-state index contributed by atoms with van der Waals surface area (Å²) in [5.74, 6) is -0.396. The van der Waals surface area contributed by atoms with Crippen molar-refractivity contribution in [3.05, 3.63) is 41.9 Å². The number of hydrogen-bond acceptors (Lipinski definition) is 3. The van der Waals surface area contributed by atoms with Gasteiger partial charge < -0.3 is 5.11 Å². The number of carbonyl (C=O) groups is 1. The average molecular weight is 203 g/mol. The Kier molecular flexibility index (Phi) is 2.21. The number of aryl methyl sites for hydroxylation is 1. The van der Waals surface area contributed by atoms with E-state index in [2.05, 4.69) is 10.1 Å². The zero-order valence-corrected chi connectivity index (χ0v) is 8.08. The minimum Gasteiger partial charge on any atom is -0.476 e. The molecule has 2 heterocycles. The largest absolute Gasteiger partial charge is 0.476 e. The van der Waals surface area contributed by atoms with Crippen molar-refractivity contribution in [1.82, 2.24) is 14.8 Å². The molecule has 0 unspecified atom stereocenters. The summed E-state index contributed by atoms with van der Waals surface area (Å²) in [4.78, 5) is 14.8. The van der Waals surface area contributed by atoms with E-state index in [4.69, 9.17) is 5.11 Å². The first-order valence-electron chi connectivity index (χ1n) is 4.39. The highest BCUT2D eigenvalue weighted by Gasteiger charge is 2.09. The molecule has 2 aromatic rings. The van der Waals surface area contributed by atoms with Gasteiger partial charge in [-0.15, -0.1) is 0 Å². The summed E-state index contributed by atoms with van der Waals surface area (Å²) in [5.41, 5.74) is 0.956. The van der Waals surface area contributed by atoms with Gasteiger partial charge in [0.15, 0.2) is 11.5 Å². The van der Waals surface area contributed by atoms with Gasteiger partial charge in [0.2, 0.25) is 0 Å². The first-order chi connectivity index (χ1) is 7.18. The van der Waals surface area contributed by atoms with Crippen molar-refractivity contribution in [2.75, 3.05) is 0 Å². The van der Waals surface area contributed by atoms with Gasteiger partial charge in [0.25, 0.3) is 0 Å². The summed E-state index contributed by atoms with van der Waals surface area (Å²) in [6.45, 7) is 1.89. The van der Waals surface area contributed by atoms with Gasteiger partial charge in [-0.1, -0.05) is 6.07 Å². The number of carboxylic acid groups (broad SMARTS) is 1. The molecular weight excluding hydrogens is 194 g/mol. The maximum Gasteiger partial charge on any atom is 0.356 e. The van der Waals surface area contributed by atoms with Crippen LogP contribution in [0.1, 0.15) is 16.1 Å². The first-order valence-corrected chi connectivity index (χ1v) is 4.39. The van der Waals surface area contributed by atoms with E-state index in [-0.39, 0.29) is 5.69 Å². The van der Waals surface area contributed by atoms with Crippen LogP contribution < -0.4 is 0 Å². The molecule has 0 aliphatic rings.